The summed E-state index contributed by atoms with van der Waals surface area (Å²) in [5.41, 5.74) is 5.50. The van der Waals surface area contributed by atoms with Crippen LogP contribution in [-0.2, 0) is 4.79 Å². The molecular formula is C23H39NO2. The highest BCUT2D eigenvalue weighted by molar-refractivity contribution is 5.83. The largest absolute Gasteiger partial charge is 0.384 e. The number of hydrogen-bond donors (Lipinski definition) is 2. The lowest BCUT2D eigenvalue weighted by Crippen LogP contribution is -2.37. The van der Waals surface area contributed by atoms with Gasteiger partial charge in [-0.15, -0.1) is 0 Å². The van der Waals surface area contributed by atoms with Crippen LogP contribution < -0.4 is 5.73 Å². The van der Waals surface area contributed by atoms with Gasteiger partial charge in [-0.2, -0.15) is 0 Å². The normalized spacial score (nSPS) is 14.9. The van der Waals surface area contributed by atoms with Crippen molar-refractivity contribution in [3.05, 3.63) is 48.6 Å². The van der Waals surface area contributed by atoms with Crippen LogP contribution in [0.2, 0.25) is 0 Å². The van der Waals surface area contributed by atoms with Crippen molar-refractivity contribution in [2.45, 2.75) is 90.2 Å². The third-order valence-electron chi connectivity index (χ3n) is 4.08. The second kappa shape index (κ2) is 18.3. The van der Waals surface area contributed by atoms with Crippen LogP contribution in [0.25, 0.3) is 0 Å². The molecule has 0 saturated heterocycles. The van der Waals surface area contributed by atoms with Crippen LogP contribution in [0.15, 0.2) is 48.6 Å². The van der Waals surface area contributed by atoms with Gasteiger partial charge in [-0.1, -0.05) is 68.4 Å². The summed E-state index contributed by atoms with van der Waals surface area (Å²) in [6.45, 7) is 3.88. The fourth-order valence-corrected chi connectivity index (χ4v) is 2.40. The maximum atomic E-state index is 11.6. The van der Waals surface area contributed by atoms with Crippen molar-refractivity contribution in [2.24, 2.45) is 5.73 Å². The third-order valence-corrected chi connectivity index (χ3v) is 4.08. The Labute approximate surface area is 160 Å². The maximum absolute atomic E-state index is 11.6. The predicted molar refractivity (Wildman–Crippen MR) is 113 cm³/mol. The van der Waals surface area contributed by atoms with E-state index in [0.29, 0.717) is 6.42 Å². The topological polar surface area (TPSA) is 63.3 Å². The minimum Gasteiger partial charge on any atom is -0.384 e. The Morgan fingerprint density at radius 2 is 1.31 bits per heavy atom. The molecule has 3 nitrogen and oxygen atoms in total. The Hall–Kier alpha value is -1.45. The van der Waals surface area contributed by atoms with Gasteiger partial charge in [0.15, 0.2) is 5.78 Å². The molecular weight excluding hydrogens is 322 g/mol. The average Bonchev–Trinajstić information content (AvgIpc) is 2.63. The number of aliphatic hydroxyl groups is 1. The Morgan fingerprint density at radius 1 is 0.846 bits per heavy atom. The second-order valence-electron chi connectivity index (χ2n) is 6.75. The van der Waals surface area contributed by atoms with Crippen LogP contribution in [0.5, 0.6) is 0 Å². The molecule has 0 bridgehead atoms. The predicted octanol–water partition coefficient (Wildman–Crippen LogP) is 5.41. The molecule has 0 aliphatic rings. The van der Waals surface area contributed by atoms with Crippen molar-refractivity contribution in [2.75, 3.05) is 0 Å². The lowest BCUT2D eigenvalue weighted by molar-refractivity contribution is -0.127. The highest BCUT2D eigenvalue weighted by Crippen LogP contribution is 2.04. The summed E-state index contributed by atoms with van der Waals surface area (Å²) in [5, 5.41) is 9.52. The summed E-state index contributed by atoms with van der Waals surface area (Å²) in [7, 11) is 0. The molecule has 0 aromatic carbocycles. The average molecular weight is 362 g/mol. The van der Waals surface area contributed by atoms with Gasteiger partial charge in [0, 0.05) is 12.5 Å². The lowest BCUT2D eigenvalue weighted by atomic mass is 10.0. The van der Waals surface area contributed by atoms with Crippen LogP contribution >= 0.6 is 0 Å². The quantitative estimate of drug-likeness (QED) is 0.285. The maximum Gasteiger partial charge on any atom is 0.162 e. The fourth-order valence-electron chi connectivity index (χ4n) is 2.40. The molecule has 0 rings (SSSR count). The zero-order valence-electron chi connectivity index (χ0n) is 16.8. The molecule has 148 valence electrons. The number of rotatable bonds is 16. The van der Waals surface area contributed by atoms with Crippen molar-refractivity contribution in [3.8, 4) is 0 Å². The van der Waals surface area contributed by atoms with E-state index in [1.165, 1.54) is 25.7 Å². The molecule has 0 heterocycles. The number of aliphatic hydroxyl groups excluding tert-OH is 1. The minimum atomic E-state index is -1.02. The van der Waals surface area contributed by atoms with Gasteiger partial charge in [0.25, 0.3) is 0 Å². The lowest BCUT2D eigenvalue weighted by Gasteiger charge is -2.12. The number of hydrogen-bond acceptors (Lipinski definition) is 3. The molecule has 26 heavy (non-hydrogen) atoms. The first kappa shape index (κ1) is 24.6. The number of carbonyl (C=O) groups excluding carboxylic acids is 1. The molecule has 2 atom stereocenters. The molecule has 0 fully saturated rings. The van der Waals surface area contributed by atoms with Gasteiger partial charge in [0.2, 0.25) is 0 Å². The number of carbonyl (C=O) groups is 1. The molecule has 3 heteroatoms. The molecule has 0 aromatic rings. The van der Waals surface area contributed by atoms with Crippen molar-refractivity contribution in [1.29, 1.82) is 0 Å². The van der Waals surface area contributed by atoms with E-state index in [0.717, 1.165) is 32.1 Å². The summed E-state index contributed by atoms with van der Waals surface area (Å²) in [6, 6.07) is -0.487. The van der Waals surface area contributed by atoms with Gasteiger partial charge >= 0.3 is 0 Å². The van der Waals surface area contributed by atoms with E-state index in [2.05, 4.69) is 55.5 Å². The fraction of sp³-hybridized carbons (Fsp3) is 0.609. The zero-order valence-corrected chi connectivity index (χ0v) is 16.8. The molecule has 3 N–H and O–H groups in total. The van der Waals surface area contributed by atoms with Gasteiger partial charge in [-0.3, -0.25) is 4.79 Å². The van der Waals surface area contributed by atoms with Crippen molar-refractivity contribution < 1.29 is 9.90 Å². The van der Waals surface area contributed by atoms with Crippen LogP contribution in [0.1, 0.15) is 78.1 Å². The SMILES string of the molecule is CCCCCC=CCC=CCC=CCC=CCCCC(=O)C(O)C(C)N. The van der Waals surface area contributed by atoms with E-state index in [9.17, 15) is 9.90 Å². The molecule has 0 aliphatic heterocycles. The highest BCUT2D eigenvalue weighted by Gasteiger charge is 2.17. The molecule has 0 amide bonds. The third kappa shape index (κ3) is 16.0. The Bertz CT molecular complexity index is 447. The molecule has 0 saturated carbocycles. The smallest absolute Gasteiger partial charge is 0.162 e. The van der Waals surface area contributed by atoms with Crippen LogP contribution in [0, 0.1) is 0 Å². The van der Waals surface area contributed by atoms with Gasteiger partial charge in [-0.25, -0.2) is 0 Å². The van der Waals surface area contributed by atoms with E-state index in [-0.39, 0.29) is 5.78 Å². The van der Waals surface area contributed by atoms with Gasteiger partial charge in [-0.05, 0) is 51.9 Å². The van der Waals surface area contributed by atoms with Crippen molar-refractivity contribution in [1.82, 2.24) is 0 Å². The standard InChI is InChI=1S/C23H39NO2/c1-3-4-5-6-7-8-9-10-11-12-13-14-15-16-17-18-19-20-22(25)23(26)21(2)24/h7-8,10-11,13-14,16-17,21,23,26H,3-6,9,12,15,18-20,24H2,1-2H3. The van der Waals surface area contributed by atoms with Crippen molar-refractivity contribution >= 4 is 5.78 Å². The van der Waals surface area contributed by atoms with Crippen LogP contribution in [0.3, 0.4) is 0 Å². The second-order valence-corrected chi connectivity index (χ2v) is 6.75. The van der Waals surface area contributed by atoms with E-state index < -0.39 is 12.1 Å². The first-order chi connectivity index (χ1) is 12.6. The monoisotopic (exact) mass is 361 g/mol. The summed E-state index contributed by atoms with van der Waals surface area (Å²) < 4.78 is 0. The Morgan fingerprint density at radius 3 is 1.77 bits per heavy atom. The van der Waals surface area contributed by atoms with E-state index >= 15 is 0 Å². The number of nitrogens with two attached hydrogens (primary N) is 1. The number of unbranched alkanes of at least 4 members (excludes halogenated alkanes) is 4. The molecule has 0 aromatic heterocycles. The first-order valence-corrected chi connectivity index (χ1v) is 10.2. The number of Topliss-reactive ketones (excluding diaryl/α,β-unsaturated/α-hetero) is 1. The number of ketones is 1. The first-order valence-electron chi connectivity index (χ1n) is 10.2. The van der Waals surface area contributed by atoms with E-state index in [1.807, 2.05) is 0 Å². The molecule has 2 unspecified atom stereocenters. The summed E-state index contributed by atoms with van der Waals surface area (Å²) in [6.07, 6.45) is 26.5. The summed E-state index contributed by atoms with van der Waals surface area (Å²) >= 11 is 0. The Kier molecular flexibility index (Phi) is 17.3. The van der Waals surface area contributed by atoms with Gasteiger partial charge in [0.05, 0.1) is 0 Å². The number of allylic oxidation sites excluding steroid dienone is 8. The highest BCUT2D eigenvalue weighted by atomic mass is 16.3. The van der Waals surface area contributed by atoms with Crippen LogP contribution in [0.4, 0.5) is 0 Å². The molecule has 0 aliphatic carbocycles. The minimum absolute atomic E-state index is 0.157. The zero-order chi connectivity index (χ0) is 19.5. The van der Waals surface area contributed by atoms with Crippen molar-refractivity contribution in [3.63, 3.8) is 0 Å². The van der Waals surface area contributed by atoms with Gasteiger partial charge < -0.3 is 10.8 Å². The summed E-state index contributed by atoms with van der Waals surface area (Å²) in [4.78, 5) is 11.6. The van der Waals surface area contributed by atoms with E-state index in [1.54, 1.807) is 6.92 Å². The molecule has 0 spiro atoms. The van der Waals surface area contributed by atoms with Gasteiger partial charge in [0.1, 0.15) is 6.10 Å². The molecule has 0 radical (unpaired) electrons. The summed E-state index contributed by atoms with van der Waals surface area (Å²) in [5.74, 6) is -0.157. The Balaban J connectivity index is 3.56. The van der Waals surface area contributed by atoms with Crippen LogP contribution in [-0.4, -0.2) is 23.0 Å². The van der Waals surface area contributed by atoms with E-state index in [4.69, 9.17) is 5.73 Å².